The number of benzene rings is 1. The molecule has 0 aliphatic carbocycles. The minimum atomic E-state index is -3.16. The summed E-state index contributed by atoms with van der Waals surface area (Å²) < 4.78 is 28.9. The Hall–Kier alpha value is -2.42. The van der Waals surface area contributed by atoms with E-state index in [2.05, 4.69) is 31.2 Å². The van der Waals surface area contributed by atoms with E-state index in [9.17, 15) is 18.0 Å². The first-order valence-electron chi connectivity index (χ1n) is 9.60. The molecule has 2 aliphatic heterocycles. The fraction of sp³-hybridized carbons (Fsp3) is 0.550. The molecule has 1 N–H and O–H groups in total. The van der Waals surface area contributed by atoms with Crippen molar-refractivity contribution in [2.75, 3.05) is 23.9 Å². The molecule has 1 atom stereocenters. The van der Waals surface area contributed by atoms with Gasteiger partial charge in [0.2, 0.25) is 5.91 Å². The number of ether oxygens (including phenoxy) is 1. The second-order valence-electron chi connectivity index (χ2n) is 8.46. The van der Waals surface area contributed by atoms with Crippen LogP contribution in [0.25, 0.3) is 0 Å². The van der Waals surface area contributed by atoms with Gasteiger partial charge in [-0.1, -0.05) is 26.8 Å². The van der Waals surface area contributed by atoms with Crippen LogP contribution in [-0.2, 0) is 24.8 Å². The maximum absolute atomic E-state index is 12.8. The lowest BCUT2D eigenvalue weighted by molar-refractivity contribution is -0.133. The second kappa shape index (κ2) is 7.78. The summed E-state index contributed by atoms with van der Waals surface area (Å²) in [6.45, 7) is 6.22. The van der Waals surface area contributed by atoms with Gasteiger partial charge in [0, 0.05) is 12.8 Å². The Morgan fingerprint density at radius 1 is 1.28 bits per heavy atom. The predicted molar refractivity (Wildman–Crippen MR) is 111 cm³/mol. The van der Waals surface area contributed by atoms with Crippen molar-refractivity contribution in [1.29, 1.82) is 0 Å². The van der Waals surface area contributed by atoms with E-state index >= 15 is 0 Å². The van der Waals surface area contributed by atoms with Crippen LogP contribution in [0, 0.1) is 0 Å². The minimum Gasteiger partial charge on any atom is -0.495 e. The van der Waals surface area contributed by atoms with Crippen molar-refractivity contribution in [1.82, 2.24) is 5.01 Å². The van der Waals surface area contributed by atoms with Crippen LogP contribution in [-0.4, -0.2) is 55.6 Å². The van der Waals surface area contributed by atoms with Crippen LogP contribution in [0.1, 0.15) is 45.6 Å². The number of nitrogens with zero attached hydrogens (tertiary/aromatic N) is 2. The van der Waals surface area contributed by atoms with Gasteiger partial charge in [0.05, 0.1) is 30.3 Å². The maximum atomic E-state index is 12.8. The van der Waals surface area contributed by atoms with Crippen LogP contribution in [0.2, 0.25) is 0 Å². The van der Waals surface area contributed by atoms with Crippen LogP contribution in [0.4, 0.5) is 5.69 Å². The number of nitrogens with one attached hydrogen (secondary N) is 1. The molecule has 1 fully saturated rings. The van der Waals surface area contributed by atoms with Crippen molar-refractivity contribution in [2.24, 2.45) is 5.10 Å². The molecule has 0 bridgehead atoms. The van der Waals surface area contributed by atoms with E-state index < -0.39 is 21.8 Å². The molecular weight excluding hydrogens is 394 g/mol. The Morgan fingerprint density at radius 2 is 2.00 bits per heavy atom. The van der Waals surface area contributed by atoms with Crippen molar-refractivity contribution in [3.8, 4) is 5.75 Å². The van der Waals surface area contributed by atoms with Gasteiger partial charge in [-0.25, -0.2) is 13.4 Å². The average molecular weight is 422 g/mol. The molecule has 2 aliphatic rings. The summed E-state index contributed by atoms with van der Waals surface area (Å²) in [5.41, 5.74) is 1.66. The smallest absolute Gasteiger partial charge is 0.271 e. The molecule has 1 aromatic carbocycles. The number of sulfone groups is 1. The SMILES string of the molecule is COc1ccc(C(C)(C)C)cc1NC(=O)C1=NN([C@H]2CCS(=O)(=O)C2)C(=O)CC1. The van der Waals surface area contributed by atoms with Crippen LogP contribution in [0.15, 0.2) is 23.3 Å². The highest BCUT2D eigenvalue weighted by molar-refractivity contribution is 7.91. The summed E-state index contributed by atoms with van der Waals surface area (Å²) in [5.74, 6) is -0.227. The third kappa shape index (κ3) is 4.77. The van der Waals surface area contributed by atoms with E-state index in [0.717, 1.165) is 5.56 Å². The molecule has 8 nitrogen and oxygen atoms in total. The van der Waals surface area contributed by atoms with Crippen molar-refractivity contribution in [2.45, 2.75) is 51.5 Å². The Labute approximate surface area is 171 Å². The van der Waals surface area contributed by atoms with Gasteiger partial charge in [-0.2, -0.15) is 5.10 Å². The number of hydrogen-bond donors (Lipinski definition) is 1. The normalized spacial score (nSPS) is 21.7. The first-order chi connectivity index (χ1) is 13.5. The van der Waals surface area contributed by atoms with E-state index in [4.69, 9.17) is 4.74 Å². The molecular formula is C20H27N3O5S. The number of methoxy groups -OCH3 is 1. The third-order valence-electron chi connectivity index (χ3n) is 5.19. The molecule has 2 heterocycles. The van der Waals surface area contributed by atoms with Gasteiger partial charge >= 0.3 is 0 Å². The van der Waals surface area contributed by atoms with Crippen molar-refractivity contribution >= 4 is 33.1 Å². The minimum absolute atomic E-state index is 0.0370. The Bertz CT molecular complexity index is 963. The zero-order chi connectivity index (χ0) is 21.4. The number of hydrazone groups is 1. The number of rotatable bonds is 4. The zero-order valence-corrected chi connectivity index (χ0v) is 18.0. The van der Waals surface area contributed by atoms with E-state index in [1.807, 2.05) is 12.1 Å². The highest BCUT2D eigenvalue weighted by Crippen LogP contribution is 2.31. The van der Waals surface area contributed by atoms with Gasteiger partial charge < -0.3 is 10.1 Å². The number of anilines is 1. The van der Waals surface area contributed by atoms with Gasteiger partial charge in [-0.3, -0.25) is 9.59 Å². The summed E-state index contributed by atoms with van der Waals surface area (Å²) in [7, 11) is -1.63. The van der Waals surface area contributed by atoms with Crippen molar-refractivity contribution in [3.05, 3.63) is 23.8 Å². The van der Waals surface area contributed by atoms with Crippen LogP contribution >= 0.6 is 0 Å². The molecule has 9 heteroatoms. The lowest BCUT2D eigenvalue weighted by Gasteiger charge is -2.27. The fourth-order valence-electron chi connectivity index (χ4n) is 3.45. The summed E-state index contributed by atoms with van der Waals surface area (Å²) in [6.07, 6.45) is 0.678. The van der Waals surface area contributed by atoms with E-state index in [-0.39, 0.29) is 41.4 Å². The van der Waals surface area contributed by atoms with Crippen molar-refractivity contribution < 1.29 is 22.7 Å². The fourth-order valence-corrected chi connectivity index (χ4v) is 5.15. The molecule has 29 heavy (non-hydrogen) atoms. The molecule has 0 unspecified atom stereocenters. The van der Waals surface area contributed by atoms with E-state index in [1.54, 1.807) is 6.07 Å². The first-order valence-corrected chi connectivity index (χ1v) is 11.4. The number of carbonyl (C=O) groups excluding carboxylic acids is 2. The van der Waals surface area contributed by atoms with Gasteiger partial charge in [0.25, 0.3) is 5.91 Å². The number of hydrogen-bond acceptors (Lipinski definition) is 6. The molecule has 0 saturated carbocycles. The molecule has 2 amide bonds. The average Bonchev–Trinajstić information content (AvgIpc) is 3.00. The topological polar surface area (TPSA) is 105 Å². The monoisotopic (exact) mass is 421 g/mol. The molecule has 1 aromatic rings. The summed E-state index contributed by atoms with van der Waals surface area (Å²) in [5, 5.41) is 8.24. The highest BCUT2D eigenvalue weighted by atomic mass is 32.2. The maximum Gasteiger partial charge on any atom is 0.271 e. The summed E-state index contributed by atoms with van der Waals surface area (Å²) in [6, 6.07) is 5.12. The molecule has 3 rings (SSSR count). The zero-order valence-electron chi connectivity index (χ0n) is 17.2. The standard InChI is InChI=1S/C20H27N3O5S/c1-20(2,3)13-5-7-17(28-4)16(11-13)21-19(25)15-6-8-18(24)23(22-15)14-9-10-29(26,27)12-14/h5,7,11,14H,6,8-10,12H2,1-4H3,(H,21,25)/t14-/m0/s1. The first kappa shape index (κ1) is 21.3. The lowest BCUT2D eigenvalue weighted by atomic mass is 9.87. The predicted octanol–water partition coefficient (Wildman–Crippen LogP) is 2.10. The Kier molecular flexibility index (Phi) is 5.71. The Balaban J connectivity index is 1.83. The number of carbonyl (C=O) groups is 2. The van der Waals surface area contributed by atoms with Crippen molar-refractivity contribution in [3.63, 3.8) is 0 Å². The second-order valence-corrected chi connectivity index (χ2v) is 10.7. The van der Waals surface area contributed by atoms with Gasteiger partial charge in [0.1, 0.15) is 11.5 Å². The van der Waals surface area contributed by atoms with Gasteiger partial charge in [-0.15, -0.1) is 0 Å². The largest absolute Gasteiger partial charge is 0.495 e. The molecule has 0 radical (unpaired) electrons. The lowest BCUT2D eigenvalue weighted by Crippen LogP contribution is -2.42. The van der Waals surface area contributed by atoms with E-state index in [1.165, 1.54) is 12.1 Å². The molecule has 0 aromatic heterocycles. The molecule has 0 spiro atoms. The summed E-state index contributed by atoms with van der Waals surface area (Å²) in [4.78, 5) is 25.1. The quantitative estimate of drug-likeness (QED) is 0.801. The van der Waals surface area contributed by atoms with Crippen LogP contribution in [0.5, 0.6) is 5.75 Å². The molecule has 1 saturated heterocycles. The number of amides is 2. The van der Waals surface area contributed by atoms with Crippen LogP contribution < -0.4 is 10.1 Å². The van der Waals surface area contributed by atoms with Gasteiger partial charge in [0.15, 0.2) is 9.84 Å². The van der Waals surface area contributed by atoms with Gasteiger partial charge in [-0.05, 0) is 29.5 Å². The molecule has 158 valence electrons. The summed E-state index contributed by atoms with van der Waals surface area (Å²) >= 11 is 0. The highest BCUT2D eigenvalue weighted by Gasteiger charge is 2.37. The Morgan fingerprint density at radius 3 is 2.59 bits per heavy atom. The van der Waals surface area contributed by atoms with Crippen LogP contribution in [0.3, 0.4) is 0 Å². The third-order valence-corrected chi connectivity index (χ3v) is 6.94. The van der Waals surface area contributed by atoms with E-state index in [0.29, 0.717) is 17.9 Å².